The Bertz CT molecular complexity index is 229. The molecular weight excluding hydrogens is 266 g/mol. The Hall–Kier alpha value is -0.0300. The van der Waals surface area contributed by atoms with Crippen molar-refractivity contribution >= 4 is 38.8 Å². The number of alkyl halides is 1. The highest BCUT2D eigenvalue weighted by molar-refractivity contribution is 9.09. The molecule has 1 aliphatic heterocycles. The number of carbonyl (C=O) groups excluding carboxylic acids is 2. The molecule has 2 amide bonds. The van der Waals surface area contributed by atoms with E-state index in [2.05, 4.69) is 29.8 Å². The van der Waals surface area contributed by atoms with Crippen molar-refractivity contribution in [3.8, 4) is 0 Å². The van der Waals surface area contributed by atoms with Crippen molar-refractivity contribution in [1.82, 2.24) is 4.90 Å². The van der Waals surface area contributed by atoms with E-state index in [0.29, 0.717) is 24.1 Å². The number of thioether (sulfide) groups is 1. The zero-order chi connectivity index (χ0) is 10.7. The fourth-order valence-electron chi connectivity index (χ4n) is 1.23. The van der Waals surface area contributed by atoms with Crippen molar-refractivity contribution in [2.45, 2.75) is 13.8 Å². The number of nitrogens with zero attached hydrogens (tertiary/aromatic N) is 1. The fourth-order valence-corrected chi connectivity index (χ4v) is 2.92. The highest BCUT2D eigenvalue weighted by atomic mass is 79.9. The third-order valence-electron chi connectivity index (χ3n) is 2.40. The fraction of sp³-hybridized carbons (Fsp3) is 0.778. The van der Waals surface area contributed by atoms with E-state index in [9.17, 15) is 9.59 Å². The molecule has 80 valence electrons. The second kappa shape index (κ2) is 5.16. The molecule has 1 aliphatic rings. The van der Waals surface area contributed by atoms with E-state index >= 15 is 0 Å². The van der Waals surface area contributed by atoms with Crippen LogP contribution in [0.4, 0.5) is 4.79 Å². The topological polar surface area (TPSA) is 37.4 Å². The van der Waals surface area contributed by atoms with E-state index in [0.717, 1.165) is 17.1 Å². The van der Waals surface area contributed by atoms with Gasteiger partial charge in [0.05, 0.1) is 5.75 Å². The summed E-state index contributed by atoms with van der Waals surface area (Å²) in [7, 11) is 0. The van der Waals surface area contributed by atoms with Crippen molar-refractivity contribution in [1.29, 1.82) is 0 Å². The molecule has 5 heteroatoms. The lowest BCUT2D eigenvalue weighted by Crippen LogP contribution is -2.35. The van der Waals surface area contributed by atoms with Gasteiger partial charge in [-0.05, 0) is 11.8 Å². The van der Waals surface area contributed by atoms with Gasteiger partial charge in [0, 0.05) is 11.9 Å². The van der Waals surface area contributed by atoms with Crippen LogP contribution >= 0.6 is 27.7 Å². The van der Waals surface area contributed by atoms with E-state index < -0.39 is 0 Å². The van der Waals surface area contributed by atoms with E-state index in [1.54, 1.807) is 0 Å². The van der Waals surface area contributed by atoms with Gasteiger partial charge in [-0.3, -0.25) is 14.5 Å². The molecule has 0 N–H and O–H groups in total. The van der Waals surface area contributed by atoms with Gasteiger partial charge in [0.1, 0.15) is 0 Å². The smallest absolute Gasteiger partial charge is 0.273 e. The summed E-state index contributed by atoms with van der Waals surface area (Å²) in [5, 5.41) is 0.730. The molecule has 0 aliphatic carbocycles. The Morgan fingerprint density at radius 1 is 1.50 bits per heavy atom. The second-order valence-electron chi connectivity index (χ2n) is 3.72. The van der Waals surface area contributed by atoms with E-state index in [4.69, 9.17) is 0 Å². The monoisotopic (exact) mass is 279 g/mol. The summed E-state index contributed by atoms with van der Waals surface area (Å²) >= 11 is 4.51. The predicted octanol–water partition coefficient (Wildman–Crippen LogP) is 2.35. The summed E-state index contributed by atoms with van der Waals surface area (Å²) in [6.45, 7) is 4.75. The van der Waals surface area contributed by atoms with Crippen molar-refractivity contribution in [3.63, 3.8) is 0 Å². The average Bonchev–Trinajstić information content (AvgIpc) is 2.43. The Morgan fingerprint density at radius 2 is 2.14 bits per heavy atom. The summed E-state index contributed by atoms with van der Waals surface area (Å²) in [5.74, 6) is 1.08. The minimum Gasteiger partial charge on any atom is -0.273 e. The molecule has 1 rings (SSSR count). The number of hydrogen-bond donors (Lipinski definition) is 0. The first-order valence-corrected chi connectivity index (χ1v) is 6.70. The molecule has 0 aromatic carbocycles. The first-order chi connectivity index (χ1) is 6.56. The Morgan fingerprint density at radius 3 is 2.50 bits per heavy atom. The zero-order valence-corrected chi connectivity index (χ0v) is 10.7. The zero-order valence-electron chi connectivity index (χ0n) is 8.33. The maximum atomic E-state index is 11.3. The van der Waals surface area contributed by atoms with Gasteiger partial charge in [0.15, 0.2) is 0 Å². The minimum absolute atomic E-state index is 0.0494. The molecule has 3 nitrogen and oxygen atoms in total. The first-order valence-electron chi connectivity index (χ1n) is 4.59. The molecule has 1 saturated heterocycles. The van der Waals surface area contributed by atoms with Gasteiger partial charge < -0.3 is 0 Å². The molecule has 0 aromatic rings. The predicted molar refractivity (Wildman–Crippen MR) is 61.7 cm³/mol. The quantitative estimate of drug-likeness (QED) is 0.742. The standard InChI is InChI=1S/C9H14BrNO2S/c1-6(2)7(3-10)4-11-8(12)5-14-9(11)13/h6-7H,3-5H2,1-2H3. The van der Waals surface area contributed by atoms with E-state index in [1.807, 2.05) is 0 Å². The van der Waals surface area contributed by atoms with Gasteiger partial charge >= 0.3 is 0 Å². The van der Waals surface area contributed by atoms with Crippen molar-refractivity contribution < 1.29 is 9.59 Å². The molecule has 0 bridgehead atoms. The van der Waals surface area contributed by atoms with E-state index in [1.165, 1.54) is 4.90 Å². The van der Waals surface area contributed by atoms with Crippen molar-refractivity contribution in [2.24, 2.45) is 11.8 Å². The van der Waals surface area contributed by atoms with Crippen LogP contribution in [-0.2, 0) is 4.79 Å². The number of rotatable bonds is 4. The van der Waals surface area contributed by atoms with Crippen LogP contribution in [0, 0.1) is 11.8 Å². The Labute approximate surface area is 96.7 Å². The summed E-state index contributed by atoms with van der Waals surface area (Å²) in [6, 6.07) is 0. The minimum atomic E-state index is -0.0957. The summed E-state index contributed by atoms with van der Waals surface area (Å²) in [4.78, 5) is 24.0. The van der Waals surface area contributed by atoms with Crippen LogP contribution in [-0.4, -0.2) is 33.7 Å². The number of amides is 2. The van der Waals surface area contributed by atoms with Crippen LogP contribution in [0.25, 0.3) is 0 Å². The van der Waals surface area contributed by atoms with Crippen LogP contribution in [0.5, 0.6) is 0 Å². The molecule has 0 spiro atoms. The van der Waals surface area contributed by atoms with Crippen LogP contribution in [0.15, 0.2) is 0 Å². The van der Waals surface area contributed by atoms with Crippen molar-refractivity contribution in [3.05, 3.63) is 0 Å². The normalized spacial score (nSPS) is 19.6. The van der Waals surface area contributed by atoms with Gasteiger partial charge in [-0.1, -0.05) is 41.5 Å². The van der Waals surface area contributed by atoms with Gasteiger partial charge in [-0.25, -0.2) is 0 Å². The van der Waals surface area contributed by atoms with Crippen molar-refractivity contribution in [2.75, 3.05) is 17.6 Å². The van der Waals surface area contributed by atoms with Gasteiger partial charge in [-0.15, -0.1) is 0 Å². The van der Waals surface area contributed by atoms with Crippen LogP contribution in [0.3, 0.4) is 0 Å². The number of carbonyl (C=O) groups is 2. The molecule has 1 atom stereocenters. The Balaban J connectivity index is 2.57. The lowest BCUT2D eigenvalue weighted by atomic mass is 9.98. The van der Waals surface area contributed by atoms with Gasteiger partial charge in [0.25, 0.3) is 5.24 Å². The molecule has 0 aromatic heterocycles. The molecular formula is C9H14BrNO2S. The lowest BCUT2D eigenvalue weighted by molar-refractivity contribution is -0.125. The highest BCUT2D eigenvalue weighted by Crippen LogP contribution is 2.23. The first kappa shape index (κ1) is 12.0. The number of hydrogen-bond acceptors (Lipinski definition) is 3. The molecule has 1 fully saturated rings. The summed E-state index contributed by atoms with van der Waals surface area (Å²) in [6.07, 6.45) is 0. The lowest BCUT2D eigenvalue weighted by Gasteiger charge is -2.23. The number of halogens is 1. The van der Waals surface area contributed by atoms with Crippen LogP contribution < -0.4 is 0 Å². The summed E-state index contributed by atoms with van der Waals surface area (Å²) in [5.41, 5.74) is 0. The van der Waals surface area contributed by atoms with Crippen LogP contribution in [0.1, 0.15) is 13.8 Å². The maximum Gasteiger partial charge on any atom is 0.288 e. The molecule has 14 heavy (non-hydrogen) atoms. The largest absolute Gasteiger partial charge is 0.288 e. The van der Waals surface area contributed by atoms with Gasteiger partial charge in [-0.2, -0.15) is 0 Å². The maximum absolute atomic E-state index is 11.3. The molecule has 0 radical (unpaired) electrons. The molecule has 1 unspecified atom stereocenters. The average molecular weight is 280 g/mol. The molecule has 0 saturated carbocycles. The SMILES string of the molecule is CC(C)C(CBr)CN1C(=O)CSC1=O. The van der Waals surface area contributed by atoms with E-state index in [-0.39, 0.29) is 11.1 Å². The third kappa shape index (κ3) is 2.73. The van der Waals surface area contributed by atoms with Crippen LogP contribution in [0.2, 0.25) is 0 Å². The highest BCUT2D eigenvalue weighted by Gasteiger charge is 2.32. The number of imide groups is 1. The second-order valence-corrected chi connectivity index (χ2v) is 5.29. The van der Waals surface area contributed by atoms with Gasteiger partial charge in [0.2, 0.25) is 5.91 Å². The molecule has 1 heterocycles. The third-order valence-corrected chi connectivity index (χ3v) is 4.09. The Kier molecular flexibility index (Phi) is 4.44. The summed E-state index contributed by atoms with van der Waals surface area (Å²) < 4.78 is 0.